The zero-order valence-corrected chi connectivity index (χ0v) is 26.2. The number of aromatic amines is 1. The third kappa shape index (κ3) is 5.69. The van der Waals surface area contributed by atoms with Crippen LogP contribution in [0.2, 0.25) is 0 Å². The molecule has 1 unspecified atom stereocenters. The molecule has 244 valence electrons. The fraction of sp³-hybridized carbons (Fsp3) is 0.571. The van der Waals surface area contributed by atoms with Gasteiger partial charge in [0, 0.05) is 12.6 Å². The molecule has 5 N–H and O–H groups in total. The molecule has 7 heterocycles. The number of aliphatic imine (C=N–C) groups is 1. The minimum absolute atomic E-state index is 0.0999. The van der Waals surface area contributed by atoms with Gasteiger partial charge in [0.2, 0.25) is 5.95 Å². The zero-order valence-electron chi connectivity index (χ0n) is 22.6. The molecule has 7 rings (SSSR count). The molecule has 11 atom stereocenters. The summed E-state index contributed by atoms with van der Waals surface area (Å²) in [6.45, 7) is -10.3. The van der Waals surface area contributed by atoms with Crippen molar-refractivity contribution < 1.29 is 45.5 Å². The molecular formula is C21H25F2N9O9P2S2. The lowest BCUT2D eigenvalue weighted by atomic mass is 10.1. The van der Waals surface area contributed by atoms with Gasteiger partial charge < -0.3 is 20.9 Å². The first kappa shape index (κ1) is 31.4. The molecule has 4 aliphatic heterocycles. The van der Waals surface area contributed by atoms with Crippen LogP contribution in [-0.2, 0) is 36.7 Å². The van der Waals surface area contributed by atoms with E-state index >= 15 is 8.78 Å². The molecule has 2 bridgehead atoms. The Morgan fingerprint density at radius 1 is 0.956 bits per heavy atom. The quantitative estimate of drug-likeness (QED) is 0.189. The molecule has 45 heavy (non-hydrogen) atoms. The second-order valence-corrected chi connectivity index (χ2v) is 16.2. The first-order valence-electron chi connectivity index (χ1n) is 13.3. The van der Waals surface area contributed by atoms with Crippen LogP contribution in [0, 0.1) is 0 Å². The number of hydrogen-bond donors (Lipinski definition) is 5. The maximum absolute atomic E-state index is 16.0. The fourth-order valence-corrected chi connectivity index (χ4v) is 8.42. The third-order valence-electron chi connectivity index (χ3n) is 7.56. The van der Waals surface area contributed by atoms with Crippen LogP contribution in [0.1, 0.15) is 30.6 Å². The van der Waals surface area contributed by atoms with E-state index in [4.69, 9.17) is 39.0 Å². The van der Waals surface area contributed by atoms with Gasteiger partial charge in [0.25, 0.3) is 5.56 Å². The monoisotopic (exact) mass is 711 g/mol. The Kier molecular flexibility index (Phi) is 8.00. The van der Waals surface area contributed by atoms with Gasteiger partial charge in [-0.15, -0.1) is 0 Å². The number of imidazole rings is 2. The van der Waals surface area contributed by atoms with Gasteiger partial charge in [0.1, 0.15) is 30.1 Å². The Bertz CT molecular complexity index is 1830. The summed E-state index contributed by atoms with van der Waals surface area (Å²) < 4.78 is 94.5. The first-order chi connectivity index (χ1) is 21.3. The smallest absolute Gasteiger partial charge is 0.369 e. The number of halogens is 2. The van der Waals surface area contributed by atoms with Gasteiger partial charge in [-0.2, -0.15) is 4.98 Å². The highest BCUT2D eigenvalue weighted by Crippen LogP contribution is 2.60. The van der Waals surface area contributed by atoms with Crippen molar-refractivity contribution in [3.8, 4) is 0 Å². The molecule has 3 saturated heterocycles. The van der Waals surface area contributed by atoms with E-state index in [1.54, 1.807) is 6.21 Å². The normalized spacial score (nSPS) is 40.4. The highest BCUT2D eigenvalue weighted by Gasteiger charge is 2.54. The molecule has 3 fully saturated rings. The van der Waals surface area contributed by atoms with Crippen LogP contribution >= 0.6 is 38.1 Å². The van der Waals surface area contributed by atoms with E-state index in [9.17, 15) is 13.9 Å². The summed E-state index contributed by atoms with van der Waals surface area (Å²) in [6, 6.07) is -0.469. The number of H-pyrrole nitrogens is 1. The number of alkyl halides is 2. The van der Waals surface area contributed by atoms with Gasteiger partial charge in [0.05, 0.1) is 31.9 Å². The van der Waals surface area contributed by atoms with Crippen LogP contribution in [0.4, 0.5) is 20.5 Å². The zero-order chi connectivity index (χ0) is 31.8. The molecule has 3 aromatic heterocycles. The number of nitrogen functional groups attached to an aromatic ring is 1. The van der Waals surface area contributed by atoms with Crippen molar-refractivity contribution in [1.82, 2.24) is 29.1 Å². The van der Waals surface area contributed by atoms with Crippen LogP contribution in [0.25, 0.3) is 11.2 Å². The number of ether oxygens (including phenoxy) is 2. The van der Waals surface area contributed by atoms with Crippen molar-refractivity contribution in [2.45, 2.75) is 61.7 Å². The van der Waals surface area contributed by atoms with Gasteiger partial charge in [-0.3, -0.25) is 37.0 Å². The van der Waals surface area contributed by atoms with Gasteiger partial charge in [-0.25, -0.2) is 32.9 Å². The lowest BCUT2D eigenvalue weighted by molar-refractivity contribution is -0.0566. The summed E-state index contributed by atoms with van der Waals surface area (Å²) in [4.78, 5) is 31.1. The maximum Gasteiger partial charge on any atom is 0.386 e. The minimum atomic E-state index is -4.48. The van der Waals surface area contributed by atoms with Crippen LogP contribution in [-0.4, -0.2) is 85.3 Å². The number of hydrogen-bond acceptors (Lipinski definition) is 15. The van der Waals surface area contributed by atoms with E-state index in [2.05, 4.69) is 49.4 Å². The van der Waals surface area contributed by atoms with E-state index in [1.807, 2.05) is 0 Å². The Hall–Kier alpha value is -2.23. The lowest BCUT2D eigenvalue weighted by Crippen LogP contribution is -2.33. The van der Waals surface area contributed by atoms with Gasteiger partial charge in [-0.05, 0) is 0 Å². The van der Waals surface area contributed by atoms with Gasteiger partial charge in [0.15, 0.2) is 41.8 Å². The number of aromatic nitrogens is 6. The fourth-order valence-electron chi connectivity index (χ4n) is 5.49. The van der Waals surface area contributed by atoms with E-state index < -0.39 is 87.6 Å². The SMILES string of the molecule is Nc1nc2c(ncn2[C@@H]2O[C@@H]3CO[P@@](=O)(S)O[C@H]4[C@H](F)[C@H](n5cnc6c5N=CCC6N)O[C@@H]4CO[P@@](=O)(S)O[C@@H]2[C@H]3F)c(=O)[nH]1. The molecule has 3 aromatic rings. The molecule has 4 aliphatic rings. The van der Waals surface area contributed by atoms with Crippen LogP contribution in [0.15, 0.2) is 22.4 Å². The van der Waals surface area contributed by atoms with Crippen LogP contribution in [0.3, 0.4) is 0 Å². The third-order valence-corrected chi connectivity index (χ3v) is 10.8. The molecule has 0 radical (unpaired) electrons. The van der Waals surface area contributed by atoms with Crippen molar-refractivity contribution in [1.29, 1.82) is 0 Å². The minimum Gasteiger partial charge on any atom is -0.369 e. The number of nitrogens with zero attached hydrogens (tertiary/aromatic N) is 6. The molecule has 0 aromatic carbocycles. The topological polar surface area (TPSA) is 235 Å². The molecular weight excluding hydrogens is 686 g/mol. The lowest BCUT2D eigenvalue weighted by Gasteiger charge is -2.26. The van der Waals surface area contributed by atoms with Crippen LogP contribution < -0.4 is 17.0 Å². The number of nitrogens with two attached hydrogens (primary N) is 2. The molecule has 0 spiro atoms. The Morgan fingerprint density at radius 2 is 1.62 bits per heavy atom. The van der Waals surface area contributed by atoms with Crippen molar-refractivity contribution in [3.63, 3.8) is 0 Å². The predicted molar refractivity (Wildman–Crippen MR) is 157 cm³/mol. The summed E-state index contributed by atoms with van der Waals surface area (Å²) in [6.07, 6.45) is -8.88. The highest BCUT2D eigenvalue weighted by molar-refractivity contribution is 8.44. The first-order valence-corrected chi connectivity index (χ1v) is 18.7. The number of thiol groups is 2. The van der Waals surface area contributed by atoms with E-state index in [0.29, 0.717) is 12.1 Å². The van der Waals surface area contributed by atoms with Crippen molar-refractivity contribution in [2.24, 2.45) is 10.7 Å². The van der Waals surface area contributed by atoms with Crippen LogP contribution in [0.5, 0.6) is 0 Å². The number of rotatable bonds is 2. The largest absolute Gasteiger partial charge is 0.386 e. The summed E-state index contributed by atoms with van der Waals surface area (Å²) >= 11 is 7.97. The maximum atomic E-state index is 16.0. The molecule has 24 heteroatoms. The summed E-state index contributed by atoms with van der Waals surface area (Å²) in [5.41, 5.74) is 11.2. The van der Waals surface area contributed by atoms with Gasteiger partial charge in [-0.1, -0.05) is 24.5 Å². The van der Waals surface area contributed by atoms with E-state index in [0.717, 1.165) is 10.9 Å². The summed E-state index contributed by atoms with van der Waals surface area (Å²) in [5.74, 6) is -0.00927. The summed E-state index contributed by atoms with van der Waals surface area (Å²) in [7, 11) is 0. The van der Waals surface area contributed by atoms with E-state index in [1.165, 1.54) is 10.9 Å². The predicted octanol–water partition coefficient (Wildman–Crippen LogP) is 2.07. The van der Waals surface area contributed by atoms with Crippen molar-refractivity contribution in [3.05, 3.63) is 28.7 Å². The summed E-state index contributed by atoms with van der Waals surface area (Å²) in [5, 5.41) is 0. The van der Waals surface area contributed by atoms with E-state index in [-0.39, 0.29) is 22.9 Å². The number of anilines is 1. The van der Waals surface area contributed by atoms with Gasteiger partial charge >= 0.3 is 13.6 Å². The Morgan fingerprint density at radius 3 is 2.38 bits per heavy atom. The molecule has 0 aliphatic carbocycles. The number of nitrogens with one attached hydrogen (secondary N) is 1. The van der Waals surface area contributed by atoms with Crippen molar-refractivity contribution >= 4 is 67.2 Å². The Balaban J connectivity index is 1.20. The van der Waals surface area contributed by atoms with Crippen molar-refractivity contribution in [2.75, 3.05) is 18.9 Å². The number of fused-ring (bicyclic) bond motifs is 5. The highest BCUT2D eigenvalue weighted by atomic mass is 32.7. The average Bonchev–Trinajstić information content (AvgIpc) is 3.72. The second kappa shape index (κ2) is 11.5. The average molecular weight is 712 g/mol. The molecule has 18 nitrogen and oxygen atoms in total. The standard InChI is InChI=1S/C21H25F2N9O9P2S2/c22-10-8-3-36-42(34,44)40-14-9(39-19(11(14)23)31-5-27-12-7(24)1-2-26-16(12)31)4-37-43(35,45)41-15(10)20(38-8)32-6-28-13-17(32)29-21(25)30-18(13)33/h2,5-11,14-15,19-20H,1,3-4,24H2,(H,34,44)(H,35,45)(H3,25,29,30,33)/t7?,8-,9-,10+,11+,14-,15-,19-,20-,42-,43-/m1/s1. The Labute approximate surface area is 261 Å². The molecule has 0 amide bonds. The second-order valence-electron chi connectivity index (χ2n) is 10.5. The molecule has 0 saturated carbocycles.